The molecule has 0 fully saturated rings. The predicted octanol–water partition coefficient (Wildman–Crippen LogP) is 4.58. The van der Waals surface area contributed by atoms with Crippen molar-refractivity contribution in [3.63, 3.8) is 0 Å². The second-order valence-electron chi connectivity index (χ2n) is 7.25. The zero-order chi connectivity index (χ0) is 23.5. The molecule has 0 bridgehead atoms. The lowest BCUT2D eigenvalue weighted by atomic mass is 10.2. The SMILES string of the molecule is O=C(CSc1ncnc2c1cnn2-c1ccc(F)cc1)Nc1ccnn1Cc1ccccc1Cl. The van der Waals surface area contributed by atoms with E-state index in [0.29, 0.717) is 39.1 Å². The maximum Gasteiger partial charge on any atom is 0.235 e. The maximum absolute atomic E-state index is 13.3. The fourth-order valence-corrected chi connectivity index (χ4v) is 4.33. The van der Waals surface area contributed by atoms with Crippen LogP contribution in [0, 0.1) is 5.82 Å². The molecule has 0 aliphatic carbocycles. The predicted molar refractivity (Wildman–Crippen MR) is 129 cm³/mol. The van der Waals surface area contributed by atoms with E-state index in [0.717, 1.165) is 5.56 Å². The van der Waals surface area contributed by atoms with Gasteiger partial charge in [-0.25, -0.2) is 23.7 Å². The molecule has 0 spiro atoms. The first-order chi connectivity index (χ1) is 16.6. The fourth-order valence-electron chi connectivity index (χ4n) is 3.37. The van der Waals surface area contributed by atoms with Crippen molar-refractivity contribution in [2.45, 2.75) is 11.6 Å². The second-order valence-corrected chi connectivity index (χ2v) is 8.62. The van der Waals surface area contributed by atoms with E-state index in [-0.39, 0.29) is 17.5 Å². The van der Waals surface area contributed by atoms with Gasteiger partial charge in [0.25, 0.3) is 0 Å². The number of thioether (sulfide) groups is 1. The number of halogens is 2. The minimum absolute atomic E-state index is 0.130. The van der Waals surface area contributed by atoms with Crippen molar-refractivity contribution in [2.24, 2.45) is 0 Å². The summed E-state index contributed by atoms with van der Waals surface area (Å²) in [6, 6.07) is 15.2. The van der Waals surface area contributed by atoms with Gasteiger partial charge in [0.2, 0.25) is 5.91 Å². The van der Waals surface area contributed by atoms with Crippen molar-refractivity contribution in [1.82, 2.24) is 29.5 Å². The summed E-state index contributed by atoms with van der Waals surface area (Å²) in [6.45, 7) is 0.435. The Balaban J connectivity index is 1.28. The Labute approximate surface area is 202 Å². The molecule has 11 heteroatoms. The third-order valence-corrected chi connectivity index (χ3v) is 6.38. The van der Waals surface area contributed by atoms with E-state index < -0.39 is 0 Å². The van der Waals surface area contributed by atoms with Crippen LogP contribution in [0.3, 0.4) is 0 Å². The minimum Gasteiger partial charge on any atom is -0.310 e. The van der Waals surface area contributed by atoms with Crippen LogP contribution in [0.4, 0.5) is 10.2 Å². The third-order valence-electron chi connectivity index (χ3n) is 5.00. The molecule has 8 nitrogen and oxygen atoms in total. The molecule has 0 unspecified atom stereocenters. The zero-order valence-corrected chi connectivity index (χ0v) is 19.2. The number of rotatable bonds is 7. The van der Waals surface area contributed by atoms with E-state index in [4.69, 9.17) is 11.6 Å². The molecule has 1 N–H and O–H groups in total. The number of fused-ring (bicyclic) bond motifs is 1. The molecule has 0 aliphatic rings. The zero-order valence-electron chi connectivity index (χ0n) is 17.6. The molecule has 2 aromatic carbocycles. The van der Waals surface area contributed by atoms with Crippen molar-refractivity contribution in [1.29, 1.82) is 0 Å². The molecule has 5 rings (SSSR count). The molecule has 3 heterocycles. The van der Waals surface area contributed by atoms with Crippen LogP contribution in [0.25, 0.3) is 16.7 Å². The first kappa shape index (κ1) is 22.1. The number of nitrogens with zero attached hydrogens (tertiary/aromatic N) is 6. The van der Waals surface area contributed by atoms with Crippen molar-refractivity contribution in [3.8, 4) is 5.69 Å². The van der Waals surface area contributed by atoms with E-state index in [1.54, 1.807) is 40.0 Å². The molecule has 170 valence electrons. The minimum atomic E-state index is -0.328. The molecule has 0 aliphatic heterocycles. The normalized spacial score (nSPS) is 11.1. The van der Waals surface area contributed by atoms with Gasteiger partial charge in [-0.2, -0.15) is 10.2 Å². The highest BCUT2D eigenvalue weighted by Gasteiger charge is 2.14. The fraction of sp³-hybridized carbons (Fsp3) is 0.0870. The average molecular weight is 494 g/mol. The Morgan fingerprint density at radius 1 is 1.06 bits per heavy atom. The molecule has 34 heavy (non-hydrogen) atoms. The lowest BCUT2D eigenvalue weighted by molar-refractivity contribution is -0.113. The highest BCUT2D eigenvalue weighted by Crippen LogP contribution is 2.26. The van der Waals surface area contributed by atoms with Gasteiger partial charge in [-0.1, -0.05) is 41.6 Å². The van der Waals surface area contributed by atoms with E-state index in [2.05, 4.69) is 25.5 Å². The Hall–Kier alpha value is -3.76. The van der Waals surface area contributed by atoms with Crippen molar-refractivity contribution < 1.29 is 9.18 Å². The van der Waals surface area contributed by atoms with E-state index in [1.165, 1.54) is 30.2 Å². The van der Waals surface area contributed by atoms with Gasteiger partial charge in [-0.05, 0) is 35.9 Å². The molecule has 0 saturated carbocycles. The van der Waals surface area contributed by atoms with Gasteiger partial charge in [0, 0.05) is 11.1 Å². The highest BCUT2D eigenvalue weighted by atomic mass is 35.5. The monoisotopic (exact) mass is 493 g/mol. The van der Waals surface area contributed by atoms with Crippen LogP contribution in [-0.2, 0) is 11.3 Å². The molecule has 0 radical (unpaired) electrons. The van der Waals surface area contributed by atoms with E-state index >= 15 is 0 Å². The average Bonchev–Trinajstić information content (AvgIpc) is 3.47. The lowest BCUT2D eigenvalue weighted by Crippen LogP contribution is -2.18. The quantitative estimate of drug-likeness (QED) is 0.263. The molecular weight excluding hydrogens is 477 g/mol. The van der Waals surface area contributed by atoms with Gasteiger partial charge < -0.3 is 5.32 Å². The number of hydrogen-bond donors (Lipinski definition) is 1. The van der Waals surface area contributed by atoms with Crippen LogP contribution in [0.1, 0.15) is 5.56 Å². The van der Waals surface area contributed by atoms with E-state index in [1.807, 2.05) is 24.3 Å². The summed E-state index contributed by atoms with van der Waals surface area (Å²) in [6.07, 6.45) is 4.68. The molecule has 1 amide bonds. The van der Waals surface area contributed by atoms with Crippen LogP contribution in [-0.4, -0.2) is 41.2 Å². The molecule has 0 atom stereocenters. The number of carbonyl (C=O) groups excluding carboxylic acids is 1. The molecular formula is C23H17ClFN7OS. The Bertz CT molecular complexity index is 1470. The Morgan fingerprint density at radius 3 is 2.71 bits per heavy atom. The van der Waals surface area contributed by atoms with E-state index in [9.17, 15) is 9.18 Å². The second kappa shape index (κ2) is 9.62. The summed E-state index contributed by atoms with van der Waals surface area (Å²) < 4.78 is 16.5. The van der Waals surface area contributed by atoms with Crippen molar-refractivity contribution in [3.05, 3.63) is 89.7 Å². The summed E-state index contributed by atoms with van der Waals surface area (Å²) in [7, 11) is 0. The number of aromatic nitrogens is 6. The smallest absolute Gasteiger partial charge is 0.235 e. The Kier molecular flexibility index (Phi) is 6.24. The lowest BCUT2D eigenvalue weighted by Gasteiger charge is -2.10. The summed E-state index contributed by atoms with van der Waals surface area (Å²) in [5, 5.41) is 13.5. The third kappa shape index (κ3) is 4.63. The summed E-state index contributed by atoms with van der Waals surface area (Å²) in [5.41, 5.74) is 2.15. The van der Waals surface area contributed by atoms with Gasteiger partial charge in [0.05, 0.1) is 35.8 Å². The first-order valence-corrected chi connectivity index (χ1v) is 11.6. The summed E-state index contributed by atoms with van der Waals surface area (Å²) in [5.74, 6) is 0.168. The standard InChI is InChI=1S/C23H17ClFN7OS/c24-19-4-2-1-3-15(19)12-31-20(9-10-28-31)30-21(33)13-34-23-18-11-29-32(22(18)26-14-27-23)17-7-5-16(25)6-8-17/h1-11,14H,12-13H2,(H,30,33). The molecule has 0 saturated heterocycles. The summed E-state index contributed by atoms with van der Waals surface area (Å²) >= 11 is 7.52. The van der Waals surface area contributed by atoms with Crippen LogP contribution >= 0.6 is 23.4 Å². The number of carbonyl (C=O) groups is 1. The van der Waals surface area contributed by atoms with Crippen LogP contribution in [0.5, 0.6) is 0 Å². The number of anilines is 1. The van der Waals surface area contributed by atoms with Gasteiger partial charge in [0.15, 0.2) is 5.65 Å². The summed E-state index contributed by atoms with van der Waals surface area (Å²) in [4.78, 5) is 21.3. The van der Waals surface area contributed by atoms with Crippen LogP contribution in [0.15, 0.2) is 78.3 Å². The number of hydrogen-bond acceptors (Lipinski definition) is 6. The first-order valence-electron chi connectivity index (χ1n) is 10.2. The van der Waals surface area contributed by atoms with Crippen molar-refractivity contribution in [2.75, 3.05) is 11.1 Å². The van der Waals surface area contributed by atoms with Gasteiger partial charge in [-0.15, -0.1) is 0 Å². The molecule has 3 aromatic heterocycles. The highest BCUT2D eigenvalue weighted by molar-refractivity contribution is 8.00. The largest absolute Gasteiger partial charge is 0.310 e. The van der Waals surface area contributed by atoms with Crippen molar-refractivity contribution >= 4 is 46.1 Å². The van der Waals surface area contributed by atoms with Crippen LogP contribution in [0.2, 0.25) is 5.02 Å². The van der Waals surface area contributed by atoms with Gasteiger partial charge in [0.1, 0.15) is 23.0 Å². The topological polar surface area (TPSA) is 90.5 Å². The molecule has 5 aromatic rings. The Morgan fingerprint density at radius 2 is 1.88 bits per heavy atom. The maximum atomic E-state index is 13.3. The number of benzene rings is 2. The number of nitrogens with one attached hydrogen (secondary N) is 1. The van der Waals surface area contributed by atoms with Crippen LogP contribution < -0.4 is 5.32 Å². The number of amides is 1. The van der Waals surface area contributed by atoms with Gasteiger partial charge in [-0.3, -0.25) is 4.79 Å². The van der Waals surface area contributed by atoms with Gasteiger partial charge >= 0.3 is 0 Å².